The van der Waals surface area contributed by atoms with Crippen molar-refractivity contribution >= 4 is 23.1 Å². The van der Waals surface area contributed by atoms with Gasteiger partial charge in [-0.15, -0.1) is 11.3 Å². The van der Waals surface area contributed by atoms with Gasteiger partial charge < -0.3 is 5.32 Å². The summed E-state index contributed by atoms with van der Waals surface area (Å²) in [6, 6.07) is 0.399. The third-order valence-electron chi connectivity index (χ3n) is 2.89. The maximum atomic E-state index is 4.78. The quantitative estimate of drug-likeness (QED) is 0.868. The first-order chi connectivity index (χ1) is 7.81. The van der Waals surface area contributed by atoms with E-state index in [4.69, 9.17) is 4.98 Å². The van der Waals surface area contributed by atoms with Crippen LogP contribution in [0.25, 0.3) is 0 Å². The zero-order valence-electron chi connectivity index (χ0n) is 10.0. The molecule has 1 aromatic rings. The zero-order chi connectivity index (χ0) is 11.4. The number of thioether (sulfide) groups is 1. The van der Waals surface area contributed by atoms with Crippen molar-refractivity contribution in [3.63, 3.8) is 0 Å². The van der Waals surface area contributed by atoms with E-state index in [9.17, 15) is 0 Å². The van der Waals surface area contributed by atoms with E-state index in [0.29, 0.717) is 11.3 Å². The highest BCUT2D eigenvalue weighted by molar-refractivity contribution is 7.99. The van der Waals surface area contributed by atoms with Crippen molar-refractivity contribution in [1.29, 1.82) is 0 Å². The van der Waals surface area contributed by atoms with Gasteiger partial charge in [-0.2, -0.15) is 11.8 Å². The highest BCUT2D eigenvalue weighted by Crippen LogP contribution is 2.41. The number of hydrogen-bond donors (Lipinski definition) is 1. The third-order valence-corrected chi connectivity index (χ3v) is 5.40. The van der Waals surface area contributed by atoms with Gasteiger partial charge in [-0.05, 0) is 38.5 Å². The predicted octanol–water partition coefficient (Wildman–Crippen LogP) is 3.77. The molecule has 2 heterocycles. The number of rotatable bonds is 5. The van der Waals surface area contributed by atoms with E-state index in [1.54, 1.807) is 0 Å². The van der Waals surface area contributed by atoms with E-state index < -0.39 is 0 Å². The Kier molecular flexibility index (Phi) is 4.67. The Labute approximate surface area is 106 Å². The highest BCUT2D eigenvalue weighted by atomic mass is 32.2. The fraction of sp³-hybridized carbons (Fsp3) is 0.750. The molecule has 1 saturated heterocycles. The molecule has 0 radical (unpaired) electrons. The molecule has 2 rings (SSSR count). The molecule has 1 N–H and O–H groups in total. The van der Waals surface area contributed by atoms with Gasteiger partial charge >= 0.3 is 0 Å². The Morgan fingerprint density at radius 2 is 2.50 bits per heavy atom. The molecule has 2 nitrogen and oxygen atoms in total. The highest BCUT2D eigenvalue weighted by Gasteiger charge is 2.21. The molecule has 4 heteroatoms. The summed E-state index contributed by atoms with van der Waals surface area (Å²) in [5, 5.41) is 7.73. The SMILES string of the molecule is CCCNC(C)c1csc(C2CCCS2)n1. The van der Waals surface area contributed by atoms with Gasteiger partial charge in [0.15, 0.2) is 0 Å². The summed E-state index contributed by atoms with van der Waals surface area (Å²) in [7, 11) is 0. The Morgan fingerprint density at radius 3 is 3.19 bits per heavy atom. The number of nitrogens with zero attached hydrogens (tertiary/aromatic N) is 1. The van der Waals surface area contributed by atoms with E-state index in [1.165, 1.54) is 35.7 Å². The third kappa shape index (κ3) is 2.99. The smallest absolute Gasteiger partial charge is 0.106 e. The van der Waals surface area contributed by atoms with Gasteiger partial charge in [-0.25, -0.2) is 4.98 Å². The lowest BCUT2D eigenvalue weighted by molar-refractivity contribution is 0.559. The molecule has 16 heavy (non-hydrogen) atoms. The van der Waals surface area contributed by atoms with E-state index in [0.717, 1.165) is 6.54 Å². The van der Waals surface area contributed by atoms with Crippen LogP contribution in [0.15, 0.2) is 5.38 Å². The van der Waals surface area contributed by atoms with E-state index in [2.05, 4.69) is 36.3 Å². The lowest BCUT2D eigenvalue weighted by Crippen LogP contribution is -2.19. The monoisotopic (exact) mass is 256 g/mol. The molecule has 0 amide bonds. The molecule has 90 valence electrons. The molecule has 1 aromatic heterocycles. The maximum absolute atomic E-state index is 4.78. The summed E-state index contributed by atoms with van der Waals surface area (Å²) in [6.45, 7) is 5.48. The summed E-state index contributed by atoms with van der Waals surface area (Å²) >= 11 is 3.90. The molecule has 0 bridgehead atoms. The molecular weight excluding hydrogens is 236 g/mol. The first kappa shape index (κ1) is 12.4. The first-order valence-electron chi connectivity index (χ1n) is 6.11. The van der Waals surface area contributed by atoms with Crippen LogP contribution in [0.3, 0.4) is 0 Å². The van der Waals surface area contributed by atoms with Crippen molar-refractivity contribution in [2.24, 2.45) is 0 Å². The van der Waals surface area contributed by atoms with Crippen LogP contribution < -0.4 is 5.32 Å². The summed E-state index contributed by atoms with van der Waals surface area (Å²) in [5.74, 6) is 1.31. The minimum absolute atomic E-state index is 0.399. The van der Waals surface area contributed by atoms with E-state index in [1.807, 2.05) is 11.3 Å². The Bertz CT molecular complexity index is 319. The van der Waals surface area contributed by atoms with Crippen molar-refractivity contribution in [2.45, 2.75) is 44.4 Å². The molecule has 0 spiro atoms. The van der Waals surface area contributed by atoms with Crippen LogP contribution in [0.2, 0.25) is 0 Å². The van der Waals surface area contributed by atoms with E-state index >= 15 is 0 Å². The van der Waals surface area contributed by atoms with Crippen molar-refractivity contribution in [1.82, 2.24) is 10.3 Å². The Morgan fingerprint density at radius 1 is 1.62 bits per heavy atom. The summed E-state index contributed by atoms with van der Waals surface area (Å²) in [6.07, 6.45) is 3.85. The summed E-state index contributed by atoms with van der Waals surface area (Å²) < 4.78 is 0. The Balaban J connectivity index is 1.95. The van der Waals surface area contributed by atoms with Crippen LogP contribution in [0.4, 0.5) is 0 Å². The van der Waals surface area contributed by atoms with E-state index in [-0.39, 0.29) is 0 Å². The van der Waals surface area contributed by atoms with Crippen LogP contribution in [0.1, 0.15) is 55.1 Å². The molecule has 0 aromatic carbocycles. The van der Waals surface area contributed by atoms with Crippen LogP contribution in [0, 0.1) is 0 Å². The van der Waals surface area contributed by atoms with Crippen LogP contribution in [-0.4, -0.2) is 17.3 Å². The van der Waals surface area contributed by atoms with Gasteiger partial charge in [0, 0.05) is 11.4 Å². The largest absolute Gasteiger partial charge is 0.309 e. The van der Waals surface area contributed by atoms with Crippen LogP contribution in [0.5, 0.6) is 0 Å². The molecule has 1 fully saturated rings. The summed E-state index contributed by atoms with van der Waals surface area (Å²) in [5.41, 5.74) is 1.22. The van der Waals surface area contributed by atoms with Gasteiger partial charge in [0.2, 0.25) is 0 Å². The standard InChI is InChI=1S/C12H20N2S2/c1-3-6-13-9(2)10-8-16-12(14-10)11-5-4-7-15-11/h8-9,11,13H,3-7H2,1-2H3. The minimum atomic E-state index is 0.399. The predicted molar refractivity (Wildman–Crippen MR) is 73.3 cm³/mol. The van der Waals surface area contributed by atoms with Gasteiger partial charge in [-0.1, -0.05) is 6.92 Å². The first-order valence-corrected chi connectivity index (χ1v) is 8.04. The van der Waals surface area contributed by atoms with Crippen molar-refractivity contribution < 1.29 is 0 Å². The second kappa shape index (κ2) is 6.03. The molecule has 0 aliphatic carbocycles. The number of thiazole rings is 1. The van der Waals surface area contributed by atoms with Crippen molar-refractivity contribution in [3.05, 3.63) is 16.1 Å². The van der Waals surface area contributed by atoms with Crippen LogP contribution in [-0.2, 0) is 0 Å². The summed E-state index contributed by atoms with van der Waals surface area (Å²) in [4.78, 5) is 4.78. The normalized spacial score (nSPS) is 22.5. The lowest BCUT2D eigenvalue weighted by atomic mass is 10.2. The zero-order valence-corrected chi connectivity index (χ0v) is 11.7. The maximum Gasteiger partial charge on any atom is 0.106 e. The molecular formula is C12H20N2S2. The van der Waals surface area contributed by atoms with Gasteiger partial charge in [-0.3, -0.25) is 0 Å². The number of aromatic nitrogens is 1. The van der Waals surface area contributed by atoms with Gasteiger partial charge in [0.1, 0.15) is 5.01 Å². The average molecular weight is 256 g/mol. The topological polar surface area (TPSA) is 24.9 Å². The van der Waals surface area contributed by atoms with Gasteiger partial charge in [0.25, 0.3) is 0 Å². The fourth-order valence-corrected chi connectivity index (χ4v) is 4.33. The number of hydrogen-bond acceptors (Lipinski definition) is 4. The molecule has 2 unspecified atom stereocenters. The van der Waals surface area contributed by atoms with Crippen molar-refractivity contribution in [2.75, 3.05) is 12.3 Å². The van der Waals surface area contributed by atoms with Crippen molar-refractivity contribution in [3.8, 4) is 0 Å². The molecule has 1 aliphatic heterocycles. The average Bonchev–Trinajstić information content (AvgIpc) is 2.94. The fourth-order valence-electron chi connectivity index (χ4n) is 1.89. The van der Waals surface area contributed by atoms with Crippen LogP contribution >= 0.6 is 23.1 Å². The Hall–Kier alpha value is -0.0600. The van der Waals surface area contributed by atoms with Gasteiger partial charge in [0.05, 0.1) is 10.9 Å². The molecule has 2 atom stereocenters. The molecule has 1 aliphatic rings. The second-order valence-electron chi connectivity index (χ2n) is 4.29. The molecule has 0 saturated carbocycles. The lowest BCUT2D eigenvalue weighted by Gasteiger charge is -2.10. The second-order valence-corrected chi connectivity index (χ2v) is 6.49. The number of nitrogens with one attached hydrogen (secondary N) is 1. The minimum Gasteiger partial charge on any atom is -0.309 e.